The molecule has 10 heteroatoms. The Morgan fingerprint density at radius 1 is 1.02 bits per heavy atom. The first-order valence-electron chi connectivity index (χ1n) is 16.0. The number of halogens is 1. The number of carbonyl (C=O) groups is 1. The van der Waals surface area contributed by atoms with Crippen LogP contribution in [0.15, 0.2) is 97.5 Å². The van der Waals surface area contributed by atoms with E-state index in [9.17, 15) is 10.0 Å². The molecule has 0 spiro atoms. The molecule has 1 fully saturated rings. The van der Waals surface area contributed by atoms with Crippen LogP contribution in [0.4, 0.5) is 4.79 Å². The van der Waals surface area contributed by atoms with Crippen LogP contribution in [0.5, 0.6) is 0 Å². The Balaban J connectivity index is 1.29. The van der Waals surface area contributed by atoms with Crippen LogP contribution in [0.2, 0.25) is 5.02 Å². The van der Waals surface area contributed by atoms with E-state index in [2.05, 4.69) is 51.9 Å². The summed E-state index contributed by atoms with van der Waals surface area (Å²) in [5, 5.41) is 26.0. The standard InChI is InChI=1S/C37H39ClN6O3/c1-37(2,3)47-36(45)42-20-18-27(19-21-42)28-10-7-11-29(22-28)32(15-12-26-8-5-4-6-9-26)35-16-13-30(24-44(35)46)33-23-31(38)14-17-34(33)43-25-39-40-41-43/h4-11,13-14,16-17,22-25,27,32H,12,15,18-21H2,1-3H3/t32-/m1/s1. The number of amides is 1. The first-order chi connectivity index (χ1) is 22.6. The van der Waals surface area contributed by atoms with E-state index in [0.29, 0.717) is 35.3 Å². The van der Waals surface area contributed by atoms with E-state index in [1.165, 1.54) is 17.5 Å². The highest BCUT2D eigenvalue weighted by Gasteiger charge is 2.29. The lowest BCUT2D eigenvalue weighted by molar-refractivity contribution is -0.614. The van der Waals surface area contributed by atoms with E-state index in [-0.39, 0.29) is 12.0 Å². The molecule has 1 atom stereocenters. The molecular formula is C37H39ClN6O3. The van der Waals surface area contributed by atoms with Gasteiger partial charge in [-0.3, -0.25) is 0 Å². The van der Waals surface area contributed by atoms with Crippen LogP contribution in [0.25, 0.3) is 16.8 Å². The fourth-order valence-corrected chi connectivity index (χ4v) is 6.50. The molecule has 0 bridgehead atoms. The van der Waals surface area contributed by atoms with Crippen molar-refractivity contribution in [3.8, 4) is 16.8 Å². The number of aromatic nitrogens is 5. The summed E-state index contributed by atoms with van der Waals surface area (Å²) < 4.78 is 8.14. The van der Waals surface area contributed by atoms with Crippen molar-refractivity contribution in [2.24, 2.45) is 0 Å². The summed E-state index contributed by atoms with van der Waals surface area (Å²) in [7, 11) is 0. The third-order valence-corrected chi connectivity index (χ3v) is 8.90. The molecule has 0 unspecified atom stereocenters. The Morgan fingerprint density at radius 3 is 2.51 bits per heavy atom. The van der Waals surface area contributed by atoms with Gasteiger partial charge < -0.3 is 14.8 Å². The topological polar surface area (TPSA) is 100 Å². The third kappa shape index (κ3) is 7.80. The maximum Gasteiger partial charge on any atom is 0.410 e. The highest BCUT2D eigenvalue weighted by atomic mass is 35.5. The minimum Gasteiger partial charge on any atom is -0.618 e. The van der Waals surface area contributed by atoms with Crippen molar-refractivity contribution in [3.05, 3.63) is 130 Å². The Morgan fingerprint density at radius 2 is 1.81 bits per heavy atom. The van der Waals surface area contributed by atoms with Gasteiger partial charge in [-0.05, 0) is 104 Å². The molecule has 242 valence electrons. The number of rotatable bonds is 8. The second-order valence-corrected chi connectivity index (χ2v) is 13.5. The SMILES string of the molecule is CC(C)(C)OC(=O)N1CCC(c2cccc([C@@H](CCc3ccccc3)c3ccc(-c4cc(Cl)ccc4-n4cnnn4)c[n+]3[O-])c2)CC1. The van der Waals surface area contributed by atoms with Crippen LogP contribution >= 0.6 is 11.6 Å². The maximum absolute atomic E-state index is 13.9. The number of pyridine rings is 1. The molecular weight excluding hydrogens is 612 g/mol. The number of ether oxygens (including phenoxy) is 1. The van der Waals surface area contributed by atoms with Crippen LogP contribution in [0.1, 0.15) is 74.3 Å². The van der Waals surface area contributed by atoms with E-state index in [1.807, 2.05) is 63.2 Å². The summed E-state index contributed by atoms with van der Waals surface area (Å²) in [4.78, 5) is 14.4. The zero-order valence-corrected chi connectivity index (χ0v) is 27.7. The van der Waals surface area contributed by atoms with Gasteiger partial charge in [-0.2, -0.15) is 9.41 Å². The van der Waals surface area contributed by atoms with Gasteiger partial charge >= 0.3 is 6.09 Å². The smallest absolute Gasteiger partial charge is 0.410 e. The summed E-state index contributed by atoms with van der Waals surface area (Å²) in [6.07, 6.45) is 6.18. The van der Waals surface area contributed by atoms with E-state index in [1.54, 1.807) is 21.8 Å². The largest absolute Gasteiger partial charge is 0.618 e. The Kier molecular flexibility index (Phi) is 9.54. The normalized spacial score (nSPS) is 14.6. The predicted octanol–water partition coefficient (Wildman–Crippen LogP) is 7.50. The molecule has 0 N–H and O–H groups in total. The predicted molar refractivity (Wildman–Crippen MR) is 181 cm³/mol. The average Bonchev–Trinajstić information content (AvgIpc) is 3.60. The molecule has 1 saturated heterocycles. The van der Waals surface area contributed by atoms with Crippen LogP contribution < -0.4 is 4.73 Å². The minimum atomic E-state index is -0.515. The summed E-state index contributed by atoms with van der Waals surface area (Å²) in [6.45, 7) is 6.98. The third-order valence-electron chi connectivity index (χ3n) is 8.66. The molecule has 3 heterocycles. The molecule has 9 nitrogen and oxygen atoms in total. The van der Waals surface area contributed by atoms with Crippen molar-refractivity contribution in [1.29, 1.82) is 0 Å². The number of likely N-dealkylation sites (tertiary alicyclic amines) is 1. The number of tetrazole rings is 1. The van der Waals surface area contributed by atoms with E-state index in [4.69, 9.17) is 16.3 Å². The summed E-state index contributed by atoms with van der Waals surface area (Å²) in [6, 6.07) is 28.3. The van der Waals surface area contributed by atoms with Crippen molar-refractivity contribution in [1.82, 2.24) is 25.1 Å². The Hall–Kier alpha value is -4.76. The second kappa shape index (κ2) is 13.9. The van der Waals surface area contributed by atoms with Crippen LogP contribution in [-0.4, -0.2) is 49.9 Å². The lowest BCUT2D eigenvalue weighted by atomic mass is 9.84. The Bertz CT molecular complexity index is 1820. The highest BCUT2D eigenvalue weighted by molar-refractivity contribution is 6.31. The van der Waals surface area contributed by atoms with Gasteiger partial charge in [0.1, 0.15) is 11.9 Å². The van der Waals surface area contributed by atoms with Crippen LogP contribution in [-0.2, 0) is 11.2 Å². The summed E-state index contributed by atoms with van der Waals surface area (Å²) in [5.41, 5.74) is 5.90. The maximum atomic E-state index is 13.9. The van der Waals surface area contributed by atoms with Gasteiger partial charge in [-0.25, -0.2) is 4.79 Å². The van der Waals surface area contributed by atoms with Gasteiger partial charge in [0.25, 0.3) is 0 Å². The van der Waals surface area contributed by atoms with Gasteiger partial charge in [0.2, 0.25) is 0 Å². The Labute approximate surface area is 280 Å². The second-order valence-electron chi connectivity index (χ2n) is 13.1. The molecule has 6 rings (SSSR count). The van der Waals surface area contributed by atoms with E-state index >= 15 is 0 Å². The van der Waals surface area contributed by atoms with Crippen molar-refractivity contribution in [2.45, 2.75) is 63.9 Å². The molecule has 1 amide bonds. The van der Waals surface area contributed by atoms with E-state index in [0.717, 1.165) is 47.2 Å². The quantitative estimate of drug-likeness (QED) is 0.127. The summed E-state index contributed by atoms with van der Waals surface area (Å²) >= 11 is 6.39. The molecule has 1 aliphatic rings. The first-order valence-corrected chi connectivity index (χ1v) is 16.4. The molecule has 5 aromatic rings. The number of nitrogens with zero attached hydrogens (tertiary/aromatic N) is 6. The molecule has 0 radical (unpaired) electrons. The minimum absolute atomic E-state index is 0.137. The van der Waals surface area contributed by atoms with Gasteiger partial charge in [0.05, 0.1) is 11.6 Å². The first kappa shape index (κ1) is 32.2. The number of aryl methyl sites for hydroxylation is 1. The van der Waals surface area contributed by atoms with Crippen LogP contribution in [0, 0.1) is 5.21 Å². The lowest BCUT2D eigenvalue weighted by Gasteiger charge is -2.33. The van der Waals surface area contributed by atoms with Crippen LogP contribution in [0.3, 0.4) is 0 Å². The van der Waals surface area contributed by atoms with Crippen molar-refractivity contribution >= 4 is 17.7 Å². The fraction of sp³-hybridized carbons (Fsp3) is 0.324. The van der Waals surface area contributed by atoms with E-state index < -0.39 is 5.60 Å². The number of carbonyl (C=O) groups excluding carboxylic acids is 1. The average molecular weight is 651 g/mol. The van der Waals surface area contributed by atoms with Gasteiger partial charge in [0.15, 0.2) is 11.9 Å². The summed E-state index contributed by atoms with van der Waals surface area (Å²) in [5.74, 6) is 0.180. The molecule has 2 aromatic heterocycles. The highest BCUT2D eigenvalue weighted by Crippen LogP contribution is 2.35. The fourth-order valence-electron chi connectivity index (χ4n) is 6.33. The number of piperidine rings is 1. The van der Waals surface area contributed by atoms with Gasteiger partial charge in [-0.1, -0.05) is 66.2 Å². The van der Waals surface area contributed by atoms with Gasteiger partial charge in [-0.15, -0.1) is 5.10 Å². The lowest BCUT2D eigenvalue weighted by Crippen LogP contribution is -2.41. The van der Waals surface area contributed by atoms with Crippen molar-refractivity contribution < 1.29 is 14.3 Å². The molecule has 0 saturated carbocycles. The molecule has 1 aliphatic heterocycles. The molecule has 3 aromatic carbocycles. The number of hydrogen-bond donors (Lipinski definition) is 0. The van der Waals surface area contributed by atoms with Crippen molar-refractivity contribution in [2.75, 3.05) is 13.1 Å². The monoisotopic (exact) mass is 650 g/mol. The number of benzene rings is 3. The molecule has 47 heavy (non-hydrogen) atoms. The van der Waals surface area contributed by atoms with Gasteiger partial charge in [0, 0.05) is 35.3 Å². The number of hydrogen-bond acceptors (Lipinski definition) is 6. The molecule has 0 aliphatic carbocycles. The zero-order chi connectivity index (χ0) is 33.0. The zero-order valence-electron chi connectivity index (χ0n) is 26.9. The van der Waals surface area contributed by atoms with Crippen molar-refractivity contribution in [3.63, 3.8) is 0 Å².